The van der Waals surface area contributed by atoms with E-state index in [4.69, 9.17) is 6.57 Å². The first-order valence-corrected chi connectivity index (χ1v) is 11.5. The second-order valence-corrected chi connectivity index (χ2v) is 11.6. The standard InChI is InChI=1S/C20H29N2OP.Y/c1-6-10-18(24(7-2)11-8-9-12-24)20(23)22-19-15(3)13-17(21-5)14-16(19)4;/h13-14,18H,6-12H2,1-4H3;/p+1. The first-order chi connectivity index (χ1) is 11.5. The van der Waals surface area contributed by atoms with Gasteiger partial charge in [0, 0.05) is 45.7 Å². The second-order valence-electron chi connectivity index (χ2n) is 7.05. The quantitative estimate of drug-likeness (QED) is 0.446. The molecule has 1 N–H and O–H groups in total. The molecule has 1 unspecified atom stereocenters. The van der Waals surface area contributed by atoms with E-state index >= 15 is 0 Å². The number of hydrogen-bond donors (Lipinski definition) is 1. The van der Waals surface area contributed by atoms with Gasteiger partial charge in [0.1, 0.15) is 5.66 Å². The summed E-state index contributed by atoms with van der Waals surface area (Å²) in [6.07, 6.45) is 8.44. The predicted octanol–water partition coefficient (Wildman–Crippen LogP) is 5.79. The van der Waals surface area contributed by atoms with Crippen LogP contribution in [0.5, 0.6) is 0 Å². The van der Waals surface area contributed by atoms with Crippen LogP contribution in [0, 0.1) is 20.4 Å². The van der Waals surface area contributed by atoms with Gasteiger partial charge >= 0.3 is 0 Å². The van der Waals surface area contributed by atoms with Crippen LogP contribution in [-0.4, -0.2) is 30.1 Å². The van der Waals surface area contributed by atoms with E-state index in [-0.39, 0.29) is 44.3 Å². The van der Waals surface area contributed by atoms with E-state index in [0.717, 1.165) is 29.7 Å². The van der Waals surface area contributed by atoms with E-state index in [9.17, 15) is 4.79 Å². The maximum atomic E-state index is 13.2. The fraction of sp³-hybridized carbons (Fsp3) is 0.600. The topological polar surface area (TPSA) is 33.5 Å². The summed E-state index contributed by atoms with van der Waals surface area (Å²) in [6, 6.07) is 3.73. The molecule has 25 heavy (non-hydrogen) atoms. The Balaban J connectivity index is 0.00000312. The zero-order chi connectivity index (χ0) is 17.7. The minimum Gasteiger partial charge on any atom is -0.322 e. The molecule has 1 amide bonds. The molecule has 1 aliphatic heterocycles. The van der Waals surface area contributed by atoms with Gasteiger partial charge in [0.2, 0.25) is 0 Å². The van der Waals surface area contributed by atoms with Crippen molar-refractivity contribution in [2.45, 2.75) is 59.0 Å². The van der Waals surface area contributed by atoms with Gasteiger partial charge in [-0.05, 0) is 51.2 Å². The largest absolute Gasteiger partial charge is 0.322 e. The van der Waals surface area contributed by atoms with Gasteiger partial charge in [-0.15, -0.1) is 0 Å². The molecule has 1 radical (unpaired) electrons. The Bertz CT molecular complexity index is 625. The molecule has 1 aliphatic rings. The number of nitrogens with zero attached hydrogens (tertiary/aromatic N) is 1. The maximum Gasteiger partial charge on any atom is 0.265 e. The summed E-state index contributed by atoms with van der Waals surface area (Å²) >= 11 is 0. The molecule has 0 spiro atoms. The summed E-state index contributed by atoms with van der Waals surface area (Å²) in [5, 5.41) is 3.24. The fourth-order valence-corrected chi connectivity index (χ4v) is 9.14. The van der Waals surface area contributed by atoms with Crippen LogP contribution >= 0.6 is 7.26 Å². The molecule has 0 aromatic heterocycles. The van der Waals surface area contributed by atoms with Crippen molar-refractivity contribution in [2.75, 3.05) is 23.8 Å². The van der Waals surface area contributed by atoms with Gasteiger partial charge < -0.3 is 5.32 Å². The maximum absolute atomic E-state index is 13.2. The molecule has 5 heteroatoms. The first-order valence-electron chi connectivity index (χ1n) is 9.12. The number of carbonyl (C=O) groups excluding carboxylic acids is 1. The zero-order valence-electron chi connectivity index (χ0n) is 16.1. The monoisotopic (exact) mass is 434 g/mol. The molecule has 1 fully saturated rings. The average Bonchev–Trinajstić information content (AvgIpc) is 3.05. The van der Waals surface area contributed by atoms with Gasteiger partial charge in [0.25, 0.3) is 5.91 Å². The van der Waals surface area contributed by atoms with Gasteiger partial charge in [-0.25, -0.2) is 4.85 Å². The van der Waals surface area contributed by atoms with Crippen molar-refractivity contribution in [3.05, 3.63) is 34.7 Å². The van der Waals surface area contributed by atoms with E-state index in [1.807, 2.05) is 26.0 Å². The predicted molar refractivity (Wildman–Crippen MR) is 106 cm³/mol. The zero-order valence-corrected chi connectivity index (χ0v) is 19.8. The normalized spacial score (nSPS) is 16.6. The molecule has 2 rings (SSSR count). The number of nitrogens with one attached hydrogen (secondary N) is 1. The smallest absolute Gasteiger partial charge is 0.265 e. The number of rotatable bonds is 6. The number of anilines is 1. The van der Waals surface area contributed by atoms with Crippen LogP contribution in [0.4, 0.5) is 11.4 Å². The third-order valence-corrected chi connectivity index (χ3v) is 11.0. The molecule has 1 atom stereocenters. The summed E-state index contributed by atoms with van der Waals surface area (Å²) in [7, 11) is -1.15. The van der Waals surface area contributed by atoms with Crippen LogP contribution in [0.15, 0.2) is 12.1 Å². The number of aryl methyl sites for hydroxylation is 2. The third kappa shape index (κ3) is 5.12. The first kappa shape index (κ1) is 22.8. The number of carbonyl (C=O) groups is 1. The average molecular weight is 434 g/mol. The Morgan fingerprint density at radius 3 is 2.24 bits per heavy atom. The summed E-state index contributed by atoms with van der Waals surface area (Å²) in [6.45, 7) is 15.6. The molecular weight excluding hydrogens is 404 g/mol. The van der Waals surface area contributed by atoms with Crippen molar-refractivity contribution in [1.29, 1.82) is 0 Å². The Morgan fingerprint density at radius 2 is 1.80 bits per heavy atom. The van der Waals surface area contributed by atoms with E-state index in [2.05, 4.69) is 24.0 Å². The molecule has 1 aromatic rings. The van der Waals surface area contributed by atoms with Crippen LogP contribution in [0.25, 0.3) is 4.85 Å². The van der Waals surface area contributed by atoms with E-state index in [0.29, 0.717) is 5.69 Å². The third-order valence-electron chi connectivity index (χ3n) is 5.51. The van der Waals surface area contributed by atoms with E-state index in [1.54, 1.807) is 0 Å². The van der Waals surface area contributed by atoms with Crippen LogP contribution in [0.1, 0.15) is 50.7 Å². The molecule has 1 aromatic carbocycles. The van der Waals surface area contributed by atoms with Crippen LogP contribution in [0.2, 0.25) is 0 Å². The Kier molecular flexibility index (Phi) is 9.24. The summed E-state index contributed by atoms with van der Waals surface area (Å²) in [5.74, 6) is 0.218. The van der Waals surface area contributed by atoms with Gasteiger partial charge in [-0.3, -0.25) is 4.79 Å². The van der Waals surface area contributed by atoms with Crippen molar-refractivity contribution < 1.29 is 37.5 Å². The second kappa shape index (κ2) is 10.2. The fourth-order valence-electron chi connectivity index (χ4n) is 4.15. The Labute approximate surface area is 178 Å². The van der Waals surface area contributed by atoms with Crippen LogP contribution in [0.3, 0.4) is 0 Å². The Morgan fingerprint density at radius 1 is 1.24 bits per heavy atom. The molecule has 0 aliphatic carbocycles. The minimum atomic E-state index is -1.15. The van der Waals surface area contributed by atoms with E-state index in [1.165, 1.54) is 31.3 Å². The molecule has 3 nitrogen and oxygen atoms in total. The number of benzene rings is 1. The SMILES string of the molecule is [C-]#[N+]c1cc(C)c(NC(=O)C(CCC)[P+]2(CC)CCCC2)c(C)c1.[Y]. The molecular formula is C20H30N2OPY+. The molecule has 0 saturated carbocycles. The molecule has 133 valence electrons. The number of hydrogen-bond acceptors (Lipinski definition) is 1. The summed E-state index contributed by atoms with van der Waals surface area (Å²) < 4.78 is 0. The van der Waals surface area contributed by atoms with Gasteiger partial charge in [0.05, 0.1) is 25.1 Å². The number of amides is 1. The van der Waals surface area contributed by atoms with Crippen molar-refractivity contribution in [3.63, 3.8) is 0 Å². The van der Waals surface area contributed by atoms with Gasteiger partial charge in [0.15, 0.2) is 5.69 Å². The van der Waals surface area contributed by atoms with E-state index < -0.39 is 7.26 Å². The minimum absolute atomic E-state index is 0. The molecule has 1 heterocycles. The summed E-state index contributed by atoms with van der Waals surface area (Å²) in [4.78, 5) is 16.7. The molecule has 1 saturated heterocycles. The van der Waals surface area contributed by atoms with Gasteiger partial charge in [-0.2, -0.15) is 0 Å². The Hall–Kier alpha value is -0.286. The van der Waals surface area contributed by atoms with Crippen molar-refractivity contribution in [1.82, 2.24) is 0 Å². The van der Waals surface area contributed by atoms with Crippen LogP contribution in [-0.2, 0) is 37.5 Å². The van der Waals surface area contributed by atoms with Crippen LogP contribution < -0.4 is 5.32 Å². The van der Waals surface area contributed by atoms with Crippen molar-refractivity contribution in [2.24, 2.45) is 0 Å². The van der Waals surface area contributed by atoms with Crippen molar-refractivity contribution >= 4 is 24.5 Å². The van der Waals surface area contributed by atoms with Crippen molar-refractivity contribution in [3.8, 4) is 0 Å². The summed E-state index contributed by atoms with van der Waals surface area (Å²) in [5.41, 5.74) is 3.72. The van der Waals surface area contributed by atoms with Gasteiger partial charge in [-0.1, -0.05) is 25.5 Å². The molecule has 0 bridgehead atoms.